The van der Waals surface area contributed by atoms with Crippen LogP contribution in [0.5, 0.6) is 11.5 Å². The van der Waals surface area contributed by atoms with Crippen molar-refractivity contribution in [1.82, 2.24) is 10.3 Å². The highest BCUT2D eigenvalue weighted by Gasteiger charge is 2.14. The Morgan fingerprint density at radius 1 is 1.04 bits per heavy atom. The highest BCUT2D eigenvalue weighted by atomic mass is 16.7. The lowest BCUT2D eigenvalue weighted by atomic mass is 10.1. The number of carbonyl (C=O) groups excluding carboxylic acids is 1. The number of carbonyl (C=O) groups is 1. The molecule has 1 aromatic carbocycles. The zero-order valence-corrected chi connectivity index (χ0v) is 15.4. The van der Waals surface area contributed by atoms with Gasteiger partial charge in [0.15, 0.2) is 11.5 Å². The van der Waals surface area contributed by atoms with Crippen molar-refractivity contribution in [3.8, 4) is 11.5 Å². The zero-order chi connectivity index (χ0) is 18.5. The van der Waals surface area contributed by atoms with E-state index in [1.165, 1.54) is 19.3 Å². The van der Waals surface area contributed by atoms with Crippen molar-refractivity contribution in [2.24, 2.45) is 0 Å². The number of benzene rings is 1. The Morgan fingerprint density at radius 2 is 1.85 bits per heavy atom. The van der Waals surface area contributed by atoms with Gasteiger partial charge in [0.1, 0.15) is 5.82 Å². The second kappa shape index (κ2) is 8.29. The van der Waals surface area contributed by atoms with Gasteiger partial charge in [0, 0.05) is 32.3 Å². The molecule has 6 nitrogen and oxygen atoms in total. The highest BCUT2D eigenvalue weighted by Crippen LogP contribution is 2.32. The second-order valence-corrected chi connectivity index (χ2v) is 7.04. The summed E-state index contributed by atoms with van der Waals surface area (Å²) in [6.07, 6.45) is 6.77. The minimum absolute atomic E-state index is 0.0350. The SMILES string of the molecule is O=C(CCc1ccc2c(c1)OCO2)NCc1ccc(N2CCCCC2)nc1. The molecule has 0 unspecified atom stereocenters. The molecule has 0 saturated carbocycles. The van der Waals surface area contributed by atoms with Crippen molar-refractivity contribution in [2.45, 2.75) is 38.6 Å². The number of rotatable bonds is 6. The van der Waals surface area contributed by atoms with E-state index in [1.54, 1.807) is 0 Å². The van der Waals surface area contributed by atoms with Gasteiger partial charge in [-0.25, -0.2) is 4.98 Å². The van der Waals surface area contributed by atoms with Crippen LogP contribution in [-0.2, 0) is 17.8 Å². The Kier molecular flexibility index (Phi) is 5.42. The third-order valence-electron chi connectivity index (χ3n) is 5.06. The summed E-state index contributed by atoms with van der Waals surface area (Å²) in [5, 5.41) is 2.97. The number of pyridine rings is 1. The van der Waals surface area contributed by atoms with E-state index in [4.69, 9.17) is 9.47 Å². The number of fused-ring (bicyclic) bond motifs is 1. The van der Waals surface area contributed by atoms with E-state index in [0.29, 0.717) is 19.4 Å². The molecule has 1 fully saturated rings. The monoisotopic (exact) mass is 367 g/mol. The first-order valence-corrected chi connectivity index (χ1v) is 9.63. The van der Waals surface area contributed by atoms with Crippen molar-refractivity contribution in [3.63, 3.8) is 0 Å². The Labute approximate surface area is 159 Å². The molecule has 0 aliphatic carbocycles. The molecule has 2 aliphatic heterocycles. The molecule has 4 rings (SSSR count). The van der Waals surface area contributed by atoms with Gasteiger partial charge < -0.3 is 19.7 Å². The Hall–Kier alpha value is -2.76. The maximum absolute atomic E-state index is 12.1. The number of hydrogen-bond acceptors (Lipinski definition) is 5. The molecule has 0 spiro atoms. The molecule has 27 heavy (non-hydrogen) atoms. The first-order chi connectivity index (χ1) is 13.3. The largest absolute Gasteiger partial charge is 0.454 e. The Bertz CT molecular complexity index is 786. The van der Waals surface area contributed by atoms with Crippen LogP contribution in [-0.4, -0.2) is 30.8 Å². The quantitative estimate of drug-likeness (QED) is 0.850. The molecule has 142 valence electrons. The first kappa shape index (κ1) is 17.6. The molecular weight excluding hydrogens is 342 g/mol. The molecule has 0 bridgehead atoms. The number of anilines is 1. The summed E-state index contributed by atoms with van der Waals surface area (Å²) < 4.78 is 10.7. The summed E-state index contributed by atoms with van der Waals surface area (Å²) in [6, 6.07) is 9.92. The number of amides is 1. The van der Waals surface area contributed by atoms with Crippen molar-refractivity contribution in [1.29, 1.82) is 0 Å². The van der Waals surface area contributed by atoms with E-state index in [2.05, 4.69) is 27.3 Å². The summed E-state index contributed by atoms with van der Waals surface area (Å²) in [4.78, 5) is 19.0. The second-order valence-electron chi connectivity index (χ2n) is 7.04. The van der Waals surface area contributed by atoms with Crippen molar-refractivity contribution in [3.05, 3.63) is 47.7 Å². The van der Waals surface area contributed by atoms with Crippen molar-refractivity contribution < 1.29 is 14.3 Å². The lowest BCUT2D eigenvalue weighted by Crippen LogP contribution is -2.30. The van der Waals surface area contributed by atoms with Gasteiger partial charge >= 0.3 is 0 Å². The van der Waals surface area contributed by atoms with Crippen LogP contribution in [0.3, 0.4) is 0 Å². The van der Waals surface area contributed by atoms with E-state index in [1.807, 2.05) is 24.4 Å². The van der Waals surface area contributed by atoms with Gasteiger partial charge in [-0.05, 0) is 55.0 Å². The average Bonchev–Trinajstić information content (AvgIpc) is 3.19. The topological polar surface area (TPSA) is 63.7 Å². The highest BCUT2D eigenvalue weighted by molar-refractivity contribution is 5.76. The van der Waals surface area contributed by atoms with Crippen LogP contribution in [0.2, 0.25) is 0 Å². The molecular formula is C21H25N3O3. The van der Waals surface area contributed by atoms with Gasteiger partial charge in [-0.2, -0.15) is 0 Å². The Morgan fingerprint density at radius 3 is 2.67 bits per heavy atom. The molecule has 2 aliphatic rings. The van der Waals surface area contributed by atoms with Gasteiger partial charge in [0.2, 0.25) is 12.7 Å². The predicted octanol–water partition coefficient (Wildman–Crippen LogP) is 3.05. The lowest BCUT2D eigenvalue weighted by Gasteiger charge is -2.27. The van der Waals surface area contributed by atoms with E-state index < -0.39 is 0 Å². The number of nitrogens with zero attached hydrogens (tertiary/aromatic N) is 2. The van der Waals surface area contributed by atoms with Gasteiger partial charge in [-0.1, -0.05) is 12.1 Å². The number of nitrogens with one attached hydrogen (secondary N) is 1. The van der Waals surface area contributed by atoms with E-state index in [0.717, 1.165) is 41.5 Å². The smallest absolute Gasteiger partial charge is 0.231 e. The summed E-state index contributed by atoms with van der Waals surface area (Å²) in [5.74, 6) is 2.59. The van der Waals surface area contributed by atoms with Crippen molar-refractivity contribution >= 4 is 11.7 Å². The average molecular weight is 367 g/mol. The molecule has 1 N–H and O–H groups in total. The van der Waals surface area contributed by atoms with Crippen LogP contribution in [0.4, 0.5) is 5.82 Å². The molecule has 1 saturated heterocycles. The van der Waals surface area contributed by atoms with Gasteiger partial charge in [-0.3, -0.25) is 4.79 Å². The summed E-state index contributed by atoms with van der Waals surface area (Å²) in [6.45, 7) is 2.95. The Balaban J connectivity index is 1.23. The van der Waals surface area contributed by atoms with Crippen LogP contribution in [0.25, 0.3) is 0 Å². The van der Waals surface area contributed by atoms with Crippen LogP contribution in [0, 0.1) is 0 Å². The van der Waals surface area contributed by atoms with Gasteiger partial charge in [-0.15, -0.1) is 0 Å². The fraction of sp³-hybridized carbons (Fsp3) is 0.429. The molecule has 1 amide bonds. The summed E-state index contributed by atoms with van der Waals surface area (Å²) >= 11 is 0. The molecule has 0 atom stereocenters. The van der Waals surface area contributed by atoms with E-state index in [9.17, 15) is 4.79 Å². The van der Waals surface area contributed by atoms with Crippen LogP contribution in [0.1, 0.15) is 36.8 Å². The number of piperidine rings is 1. The molecule has 0 radical (unpaired) electrons. The van der Waals surface area contributed by atoms with Gasteiger partial charge in [0.05, 0.1) is 0 Å². The minimum atomic E-state index is 0.0350. The van der Waals surface area contributed by atoms with Crippen molar-refractivity contribution in [2.75, 3.05) is 24.8 Å². The van der Waals surface area contributed by atoms with E-state index >= 15 is 0 Å². The molecule has 1 aromatic heterocycles. The minimum Gasteiger partial charge on any atom is -0.454 e. The maximum atomic E-state index is 12.1. The first-order valence-electron chi connectivity index (χ1n) is 9.63. The maximum Gasteiger partial charge on any atom is 0.231 e. The van der Waals surface area contributed by atoms with Crippen LogP contribution >= 0.6 is 0 Å². The fourth-order valence-corrected chi connectivity index (χ4v) is 3.47. The predicted molar refractivity (Wildman–Crippen MR) is 103 cm³/mol. The number of hydrogen-bond donors (Lipinski definition) is 1. The normalized spacial score (nSPS) is 15.6. The molecule has 3 heterocycles. The lowest BCUT2D eigenvalue weighted by molar-refractivity contribution is -0.121. The third kappa shape index (κ3) is 4.51. The number of aryl methyl sites for hydroxylation is 1. The summed E-state index contributed by atoms with van der Waals surface area (Å²) in [7, 11) is 0. The van der Waals surface area contributed by atoms with Gasteiger partial charge in [0.25, 0.3) is 0 Å². The fourth-order valence-electron chi connectivity index (χ4n) is 3.47. The molecule has 6 heteroatoms. The summed E-state index contributed by atoms with van der Waals surface area (Å²) in [5.41, 5.74) is 2.09. The van der Waals surface area contributed by atoms with E-state index in [-0.39, 0.29) is 12.7 Å². The number of aromatic nitrogens is 1. The van der Waals surface area contributed by atoms with Crippen LogP contribution < -0.4 is 19.7 Å². The van der Waals surface area contributed by atoms with Crippen LogP contribution in [0.15, 0.2) is 36.5 Å². The zero-order valence-electron chi connectivity index (χ0n) is 15.4. The number of ether oxygens (including phenoxy) is 2. The molecule has 2 aromatic rings. The third-order valence-corrected chi connectivity index (χ3v) is 5.06. The standard InChI is InChI=1S/C21H25N3O3/c25-21(9-6-16-4-7-18-19(12-16)27-15-26-18)23-14-17-5-8-20(22-13-17)24-10-2-1-3-11-24/h4-5,7-8,12-13H,1-3,6,9-11,14-15H2,(H,23,25).